The van der Waals surface area contributed by atoms with Crippen LogP contribution >= 0.6 is 34.5 Å². The highest BCUT2D eigenvalue weighted by Gasteiger charge is 2.06. The van der Waals surface area contributed by atoms with Crippen molar-refractivity contribution >= 4 is 51.7 Å². The summed E-state index contributed by atoms with van der Waals surface area (Å²) in [6.07, 6.45) is 3.10. The van der Waals surface area contributed by atoms with Gasteiger partial charge in [-0.15, -0.1) is 11.3 Å². The predicted molar refractivity (Wildman–Crippen MR) is 102 cm³/mol. The molecule has 1 heterocycles. The summed E-state index contributed by atoms with van der Waals surface area (Å²) in [6, 6.07) is 15.0. The standard InChI is InChI=1S/C18H12Cl2N2OS/c19-14-8-6-12(10-15(14)20)7-9-17(23)22-18-21-16(11-24-18)13-4-2-1-3-5-13/h1-11H,(H,21,22,23)/b9-7+. The lowest BCUT2D eigenvalue weighted by molar-refractivity contribution is -0.111. The Morgan fingerprint density at radius 2 is 1.88 bits per heavy atom. The summed E-state index contributed by atoms with van der Waals surface area (Å²) in [5, 5.41) is 6.15. The zero-order valence-corrected chi connectivity index (χ0v) is 14.7. The van der Waals surface area contributed by atoms with E-state index in [2.05, 4.69) is 10.3 Å². The van der Waals surface area contributed by atoms with Crippen LogP contribution in [0.25, 0.3) is 17.3 Å². The van der Waals surface area contributed by atoms with Crippen LogP contribution in [-0.2, 0) is 4.79 Å². The minimum absolute atomic E-state index is 0.255. The molecule has 6 heteroatoms. The van der Waals surface area contributed by atoms with Crippen LogP contribution in [0.5, 0.6) is 0 Å². The van der Waals surface area contributed by atoms with Gasteiger partial charge in [0.2, 0.25) is 5.91 Å². The fraction of sp³-hybridized carbons (Fsp3) is 0. The molecule has 3 rings (SSSR count). The third kappa shape index (κ3) is 4.23. The SMILES string of the molecule is O=C(/C=C/c1ccc(Cl)c(Cl)c1)Nc1nc(-c2ccccc2)cs1. The quantitative estimate of drug-likeness (QED) is 0.589. The topological polar surface area (TPSA) is 42.0 Å². The molecule has 0 saturated heterocycles. The number of halogens is 2. The molecule has 0 saturated carbocycles. The van der Waals surface area contributed by atoms with Crippen LogP contribution < -0.4 is 5.32 Å². The van der Waals surface area contributed by atoms with E-state index in [0.29, 0.717) is 15.2 Å². The van der Waals surface area contributed by atoms with Gasteiger partial charge in [0.25, 0.3) is 0 Å². The number of hydrogen-bond acceptors (Lipinski definition) is 3. The van der Waals surface area contributed by atoms with Gasteiger partial charge >= 0.3 is 0 Å². The van der Waals surface area contributed by atoms with Crippen molar-refractivity contribution in [3.05, 3.63) is 75.6 Å². The van der Waals surface area contributed by atoms with Crippen LogP contribution in [0, 0.1) is 0 Å². The van der Waals surface area contributed by atoms with E-state index < -0.39 is 0 Å². The van der Waals surface area contributed by atoms with Gasteiger partial charge in [0.1, 0.15) is 0 Å². The molecule has 0 atom stereocenters. The number of carbonyl (C=O) groups is 1. The first kappa shape index (κ1) is 16.7. The number of amides is 1. The molecule has 0 radical (unpaired) electrons. The molecule has 0 aliphatic carbocycles. The summed E-state index contributed by atoms with van der Waals surface area (Å²) in [7, 11) is 0. The summed E-state index contributed by atoms with van der Waals surface area (Å²) < 4.78 is 0. The van der Waals surface area contributed by atoms with E-state index in [0.717, 1.165) is 16.8 Å². The van der Waals surface area contributed by atoms with Crippen molar-refractivity contribution in [2.75, 3.05) is 5.32 Å². The smallest absolute Gasteiger partial charge is 0.250 e. The Kier molecular flexibility index (Phi) is 5.30. The maximum Gasteiger partial charge on any atom is 0.250 e. The Labute approximate surface area is 153 Å². The molecule has 2 aromatic carbocycles. The molecule has 24 heavy (non-hydrogen) atoms. The second kappa shape index (κ2) is 7.62. The van der Waals surface area contributed by atoms with E-state index in [4.69, 9.17) is 23.2 Å². The number of anilines is 1. The van der Waals surface area contributed by atoms with Gasteiger partial charge in [0, 0.05) is 17.0 Å². The lowest BCUT2D eigenvalue weighted by Crippen LogP contribution is -2.07. The lowest BCUT2D eigenvalue weighted by atomic mass is 10.2. The van der Waals surface area contributed by atoms with Crippen LogP contribution in [0.4, 0.5) is 5.13 Å². The van der Waals surface area contributed by atoms with E-state index >= 15 is 0 Å². The Morgan fingerprint density at radius 1 is 1.08 bits per heavy atom. The van der Waals surface area contributed by atoms with Gasteiger partial charge in [0.15, 0.2) is 5.13 Å². The summed E-state index contributed by atoms with van der Waals surface area (Å²) in [5.41, 5.74) is 2.65. The maximum atomic E-state index is 12.0. The Morgan fingerprint density at radius 3 is 2.62 bits per heavy atom. The largest absolute Gasteiger partial charge is 0.298 e. The summed E-state index contributed by atoms with van der Waals surface area (Å²) in [5.74, 6) is -0.255. The van der Waals surface area contributed by atoms with Gasteiger partial charge < -0.3 is 0 Å². The molecule has 3 aromatic rings. The predicted octanol–water partition coefficient (Wildman–Crippen LogP) is 5.77. The van der Waals surface area contributed by atoms with Crippen LogP contribution in [0.2, 0.25) is 10.0 Å². The normalized spacial score (nSPS) is 10.9. The Hall–Kier alpha value is -2.14. The summed E-state index contributed by atoms with van der Waals surface area (Å²) >= 11 is 13.2. The van der Waals surface area contributed by atoms with Crippen molar-refractivity contribution in [3.8, 4) is 11.3 Å². The Bertz CT molecular complexity index is 891. The molecule has 3 nitrogen and oxygen atoms in total. The molecule has 120 valence electrons. The number of hydrogen-bond donors (Lipinski definition) is 1. The van der Waals surface area contributed by atoms with Crippen molar-refractivity contribution in [2.24, 2.45) is 0 Å². The van der Waals surface area contributed by atoms with E-state index in [-0.39, 0.29) is 5.91 Å². The Balaban J connectivity index is 1.66. The number of thiazole rings is 1. The second-order valence-electron chi connectivity index (χ2n) is 4.90. The van der Waals surface area contributed by atoms with Crippen LogP contribution in [0.1, 0.15) is 5.56 Å². The van der Waals surface area contributed by atoms with Gasteiger partial charge in [0.05, 0.1) is 15.7 Å². The summed E-state index contributed by atoms with van der Waals surface area (Å²) in [6.45, 7) is 0. The molecular formula is C18H12Cl2N2OS. The molecule has 0 aliphatic heterocycles. The average molecular weight is 375 g/mol. The minimum Gasteiger partial charge on any atom is -0.298 e. The number of rotatable bonds is 4. The van der Waals surface area contributed by atoms with Gasteiger partial charge in [-0.3, -0.25) is 10.1 Å². The zero-order valence-electron chi connectivity index (χ0n) is 12.4. The molecular weight excluding hydrogens is 363 g/mol. The molecule has 0 bridgehead atoms. The molecule has 1 aromatic heterocycles. The van der Waals surface area contributed by atoms with Crippen molar-refractivity contribution < 1.29 is 4.79 Å². The first-order valence-electron chi connectivity index (χ1n) is 7.07. The second-order valence-corrected chi connectivity index (χ2v) is 6.57. The maximum absolute atomic E-state index is 12.0. The lowest BCUT2D eigenvalue weighted by Gasteiger charge is -1.98. The van der Waals surface area contributed by atoms with E-state index in [1.165, 1.54) is 17.4 Å². The van der Waals surface area contributed by atoms with Gasteiger partial charge in [-0.25, -0.2) is 4.98 Å². The number of aromatic nitrogens is 1. The van der Waals surface area contributed by atoms with E-state index in [1.54, 1.807) is 24.3 Å². The minimum atomic E-state index is -0.255. The van der Waals surface area contributed by atoms with Crippen molar-refractivity contribution in [1.29, 1.82) is 0 Å². The fourth-order valence-corrected chi connectivity index (χ4v) is 3.04. The highest BCUT2D eigenvalue weighted by Crippen LogP contribution is 2.25. The van der Waals surface area contributed by atoms with Crippen molar-refractivity contribution in [3.63, 3.8) is 0 Å². The third-order valence-electron chi connectivity index (χ3n) is 3.17. The van der Waals surface area contributed by atoms with Crippen molar-refractivity contribution in [1.82, 2.24) is 4.98 Å². The van der Waals surface area contributed by atoms with Crippen LogP contribution in [0.15, 0.2) is 60.0 Å². The first-order chi connectivity index (χ1) is 11.6. The van der Waals surface area contributed by atoms with Crippen molar-refractivity contribution in [2.45, 2.75) is 0 Å². The molecule has 0 fully saturated rings. The van der Waals surface area contributed by atoms with E-state index in [9.17, 15) is 4.79 Å². The highest BCUT2D eigenvalue weighted by molar-refractivity contribution is 7.14. The average Bonchev–Trinajstić information content (AvgIpc) is 3.05. The number of nitrogens with one attached hydrogen (secondary N) is 1. The number of benzene rings is 2. The van der Waals surface area contributed by atoms with E-state index in [1.807, 2.05) is 35.7 Å². The first-order valence-corrected chi connectivity index (χ1v) is 8.70. The highest BCUT2D eigenvalue weighted by atomic mass is 35.5. The van der Waals surface area contributed by atoms with Gasteiger partial charge in [-0.1, -0.05) is 59.6 Å². The number of carbonyl (C=O) groups excluding carboxylic acids is 1. The molecule has 1 N–H and O–H groups in total. The third-order valence-corrected chi connectivity index (χ3v) is 4.67. The zero-order chi connectivity index (χ0) is 16.9. The molecule has 0 unspecified atom stereocenters. The van der Waals surface area contributed by atoms with Crippen LogP contribution in [0.3, 0.4) is 0 Å². The molecule has 0 spiro atoms. The summed E-state index contributed by atoms with van der Waals surface area (Å²) in [4.78, 5) is 16.4. The molecule has 0 aliphatic rings. The van der Waals surface area contributed by atoms with Gasteiger partial charge in [-0.05, 0) is 23.8 Å². The van der Waals surface area contributed by atoms with Crippen LogP contribution in [-0.4, -0.2) is 10.9 Å². The molecule has 1 amide bonds. The van der Waals surface area contributed by atoms with Gasteiger partial charge in [-0.2, -0.15) is 0 Å². The fourth-order valence-electron chi connectivity index (χ4n) is 2.01. The number of nitrogens with zero attached hydrogens (tertiary/aromatic N) is 1. The monoisotopic (exact) mass is 374 g/mol.